The lowest BCUT2D eigenvalue weighted by atomic mass is 9.98. The summed E-state index contributed by atoms with van der Waals surface area (Å²) in [5, 5.41) is 1.02. The van der Waals surface area contributed by atoms with Crippen LogP contribution < -0.4 is 4.90 Å². The van der Waals surface area contributed by atoms with E-state index in [9.17, 15) is 12.8 Å². The third-order valence-corrected chi connectivity index (χ3v) is 7.38. The van der Waals surface area contributed by atoms with Gasteiger partial charge in [0, 0.05) is 29.7 Å². The molecule has 1 saturated heterocycles. The number of aromatic nitrogens is 1. The molecule has 1 fully saturated rings. The molecule has 7 heteroatoms. The van der Waals surface area contributed by atoms with Crippen LogP contribution >= 0.6 is 11.6 Å². The van der Waals surface area contributed by atoms with Gasteiger partial charge in [-0.05, 0) is 42.5 Å². The highest BCUT2D eigenvalue weighted by molar-refractivity contribution is 7.90. The van der Waals surface area contributed by atoms with Gasteiger partial charge in [-0.25, -0.2) is 12.8 Å². The first kappa shape index (κ1) is 20.1. The number of pyridine rings is 1. The molecule has 0 radical (unpaired) electrons. The van der Waals surface area contributed by atoms with E-state index in [1.807, 2.05) is 0 Å². The lowest BCUT2D eigenvalue weighted by Gasteiger charge is -2.34. The van der Waals surface area contributed by atoms with Crippen molar-refractivity contribution in [1.29, 1.82) is 0 Å². The number of hydrogen-bond donors (Lipinski definition) is 0. The molecule has 3 aromatic rings. The van der Waals surface area contributed by atoms with E-state index < -0.39 is 15.7 Å². The average Bonchev–Trinajstić information content (AvgIpc) is 2.68. The van der Waals surface area contributed by atoms with Crippen molar-refractivity contribution >= 4 is 38.0 Å². The second kappa shape index (κ2) is 7.92. The highest BCUT2D eigenvalue weighted by Crippen LogP contribution is 2.37. The van der Waals surface area contributed by atoms with Crippen LogP contribution in [0.4, 0.5) is 10.1 Å². The fourth-order valence-electron chi connectivity index (χ4n) is 3.86. The van der Waals surface area contributed by atoms with Crippen LogP contribution in [0.15, 0.2) is 53.6 Å². The molecule has 0 N–H and O–H groups in total. The maximum Gasteiger partial charge on any atom is 0.186 e. The molecule has 0 saturated carbocycles. The van der Waals surface area contributed by atoms with E-state index in [1.54, 1.807) is 36.4 Å². The molecule has 2 aromatic carbocycles. The lowest BCUT2D eigenvalue weighted by Crippen LogP contribution is -2.34. The van der Waals surface area contributed by atoms with E-state index in [-0.39, 0.29) is 16.2 Å². The smallest absolute Gasteiger partial charge is 0.186 e. The second-order valence-corrected chi connectivity index (χ2v) is 10.1. The highest BCUT2D eigenvalue weighted by atomic mass is 35.5. The van der Waals surface area contributed by atoms with E-state index >= 15 is 0 Å². The molecule has 2 heterocycles. The topological polar surface area (TPSA) is 50.3 Å². The summed E-state index contributed by atoms with van der Waals surface area (Å²) in [4.78, 5) is 6.38. The number of sulfone groups is 1. The van der Waals surface area contributed by atoms with Crippen LogP contribution in [0.5, 0.6) is 0 Å². The predicted octanol–water partition coefficient (Wildman–Crippen LogP) is 5.24. The van der Waals surface area contributed by atoms with Gasteiger partial charge in [-0.1, -0.05) is 42.8 Å². The minimum absolute atomic E-state index is 0.144. The summed E-state index contributed by atoms with van der Waals surface area (Å²) in [6.45, 7) is 3.66. The monoisotopic (exact) mass is 432 g/mol. The van der Waals surface area contributed by atoms with Crippen LogP contribution in [0.2, 0.25) is 5.02 Å². The van der Waals surface area contributed by atoms with E-state index in [4.69, 9.17) is 11.6 Å². The SMILES string of the molecule is CC1CCN(c2c(S(=O)(=O)Cc3cccc(Cl)c3)cnc3c(F)cccc23)CC1. The lowest BCUT2D eigenvalue weighted by molar-refractivity contribution is 0.437. The number of nitrogens with zero attached hydrogens (tertiary/aromatic N) is 2. The summed E-state index contributed by atoms with van der Waals surface area (Å²) in [6, 6.07) is 11.5. The Bertz CT molecular complexity index is 1160. The fourth-order valence-corrected chi connectivity index (χ4v) is 5.60. The van der Waals surface area contributed by atoms with Crippen LogP contribution in [-0.4, -0.2) is 26.5 Å². The molecular formula is C22H22ClFN2O2S. The van der Waals surface area contributed by atoms with E-state index in [0.29, 0.717) is 27.6 Å². The van der Waals surface area contributed by atoms with Crippen molar-refractivity contribution in [2.75, 3.05) is 18.0 Å². The molecule has 1 aliphatic rings. The Kier molecular flexibility index (Phi) is 5.49. The largest absolute Gasteiger partial charge is 0.370 e. The number of benzene rings is 2. The van der Waals surface area contributed by atoms with Crippen molar-refractivity contribution in [1.82, 2.24) is 4.98 Å². The molecule has 1 aromatic heterocycles. The molecule has 152 valence electrons. The van der Waals surface area contributed by atoms with Gasteiger partial charge in [-0.3, -0.25) is 4.98 Å². The van der Waals surface area contributed by atoms with Gasteiger partial charge in [-0.15, -0.1) is 0 Å². The van der Waals surface area contributed by atoms with Crippen LogP contribution in [0.1, 0.15) is 25.3 Å². The third-order valence-electron chi connectivity index (χ3n) is 5.47. The Labute approximate surface area is 175 Å². The first-order valence-corrected chi connectivity index (χ1v) is 11.7. The summed E-state index contributed by atoms with van der Waals surface area (Å²) < 4.78 is 41.1. The standard InChI is InChI=1S/C22H22ClFN2O2S/c1-15-8-10-26(11-9-15)22-18-6-3-7-19(24)21(18)25-13-20(22)29(27,28)14-16-4-2-5-17(23)12-16/h2-7,12-13,15H,8-11,14H2,1H3. The molecule has 0 aliphatic carbocycles. The van der Waals surface area contributed by atoms with Crippen LogP contribution in [0.25, 0.3) is 10.9 Å². The Morgan fingerprint density at radius 2 is 1.90 bits per heavy atom. The van der Waals surface area contributed by atoms with E-state index in [0.717, 1.165) is 25.9 Å². The minimum atomic E-state index is -3.71. The summed E-state index contributed by atoms with van der Waals surface area (Å²) in [7, 11) is -3.71. The number of fused-ring (bicyclic) bond motifs is 1. The Morgan fingerprint density at radius 3 is 2.62 bits per heavy atom. The summed E-state index contributed by atoms with van der Waals surface area (Å²) in [5.41, 5.74) is 1.36. The maximum atomic E-state index is 14.4. The quantitative estimate of drug-likeness (QED) is 0.565. The van der Waals surface area contributed by atoms with Crippen LogP contribution in [0.3, 0.4) is 0 Å². The second-order valence-electron chi connectivity index (χ2n) is 7.67. The third kappa shape index (κ3) is 4.09. The maximum absolute atomic E-state index is 14.4. The average molecular weight is 433 g/mol. The number of hydrogen-bond acceptors (Lipinski definition) is 4. The molecule has 0 bridgehead atoms. The Balaban J connectivity index is 1.86. The van der Waals surface area contributed by atoms with Gasteiger partial charge in [0.1, 0.15) is 16.2 Å². The van der Waals surface area contributed by atoms with Gasteiger partial charge in [0.25, 0.3) is 0 Å². The fraction of sp³-hybridized carbons (Fsp3) is 0.318. The summed E-state index contributed by atoms with van der Waals surface area (Å²) in [6.07, 6.45) is 3.23. The zero-order valence-electron chi connectivity index (χ0n) is 16.1. The zero-order valence-corrected chi connectivity index (χ0v) is 17.7. The molecule has 4 rings (SSSR count). The molecule has 0 amide bonds. The minimum Gasteiger partial charge on any atom is -0.370 e. The molecule has 4 nitrogen and oxygen atoms in total. The van der Waals surface area contributed by atoms with Gasteiger partial charge >= 0.3 is 0 Å². The number of anilines is 1. The predicted molar refractivity (Wildman–Crippen MR) is 115 cm³/mol. The van der Waals surface area contributed by atoms with Crippen molar-refractivity contribution in [2.24, 2.45) is 5.92 Å². The van der Waals surface area contributed by atoms with Crippen molar-refractivity contribution in [2.45, 2.75) is 30.4 Å². The van der Waals surface area contributed by atoms with E-state index in [2.05, 4.69) is 16.8 Å². The number of halogens is 2. The van der Waals surface area contributed by atoms with Gasteiger partial charge in [-0.2, -0.15) is 0 Å². The van der Waals surface area contributed by atoms with Crippen molar-refractivity contribution in [3.05, 3.63) is 65.1 Å². The zero-order chi connectivity index (χ0) is 20.6. The molecule has 1 aliphatic heterocycles. The first-order valence-electron chi connectivity index (χ1n) is 9.64. The van der Waals surface area contributed by atoms with Gasteiger partial charge in [0.2, 0.25) is 0 Å². The van der Waals surface area contributed by atoms with Gasteiger partial charge < -0.3 is 4.90 Å². The molecule has 0 spiro atoms. The Morgan fingerprint density at radius 1 is 1.17 bits per heavy atom. The summed E-state index contributed by atoms with van der Waals surface area (Å²) >= 11 is 6.02. The normalized spacial score (nSPS) is 15.8. The number of piperidine rings is 1. The van der Waals surface area contributed by atoms with E-state index in [1.165, 1.54) is 12.3 Å². The first-order chi connectivity index (χ1) is 13.8. The number of rotatable bonds is 4. The van der Waals surface area contributed by atoms with Crippen LogP contribution in [0, 0.1) is 11.7 Å². The number of para-hydroxylation sites is 1. The molecule has 0 atom stereocenters. The van der Waals surface area contributed by atoms with Crippen LogP contribution in [-0.2, 0) is 15.6 Å². The summed E-state index contributed by atoms with van der Waals surface area (Å²) in [5.74, 6) is -0.0525. The highest BCUT2D eigenvalue weighted by Gasteiger charge is 2.28. The van der Waals surface area contributed by atoms with Gasteiger partial charge in [0.15, 0.2) is 9.84 Å². The molecular weight excluding hydrogens is 411 g/mol. The van der Waals surface area contributed by atoms with Crippen molar-refractivity contribution < 1.29 is 12.8 Å². The van der Waals surface area contributed by atoms with Crippen molar-refractivity contribution in [3.8, 4) is 0 Å². The van der Waals surface area contributed by atoms with Crippen molar-refractivity contribution in [3.63, 3.8) is 0 Å². The van der Waals surface area contributed by atoms with Gasteiger partial charge in [0.05, 0.1) is 11.4 Å². The molecule has 0 unspecified atom stereocenters. The Hall–Kier alpha value is -2.18. The molecule has 29 heavy (non-hydrogen) atoms.